The summed E-state index contributed by atoms with van der Waals surface area (Å²) in [6.45, 7) is 4.12. The molecule has 1 unspecified atom stereocenters. The predicted molar refractivity (Wildman–Crippen MR) is 101 cm³/mol. The first-order valence-electron chi connectivity index (χ1n) is 8.69. The quantitative estimate of drug-likeness (QED) is 0.928. The molecule has 0 aliphatic carbocycles. The molecule has 0 saturated carbocycles. The molecule has 25 heavy (non-hydrogen) atoms. The number of aromatic nitrogens is 2. The van der Waals surface area contributed by atoms with Crippen LogP contribution in [0.4, 0.5) is 17.3 Å². The highest BCUT2D eigenvalue weighted by Crippen LogP contribution is 2.20. The minimum absolute atomic E-state index is 0.216. The highest BCUT2D eigenvalue weighted by Gasteiger charge is 2.19. The number of nitrogens with zero attached hydrogens (tertiary/aromatic N) is 4. The van der Waals surface area contributed by atoms with E-state index in [1.807, 2.05) is 43.3 Å². The molecule has 0 bridgehead atoms. The van der Waals surface area contributed by atoms with Gasteiger partial charge in [0.2, 0.25) is 5.95 Å². The smallest absolute Gasteiger partial charge is 0.274 e. The molecule has 6 heteroatoms. The first-order valence-corrected chi connectivity index (χ1v) is 8.69. The first-order chi connectivity index (χ1) is 12.0. The van der Waals surface area contributed by atoms with Crippen LogP contribution in [0.15, 0.2) is 36.5 Å². The number of nitrogens with one attached hydrogen (secondary N) is 1. The summed E-state index contributed by atoms with van der Waals surface area (Å²) in [6, 6.07) is 9.37. The van der Waals surface area contributed by atoms with Crippen LogP contribution in [0.3, 0.4) is 0 Å². The van der Waals surface area contributed by atoms with Gasteiger partial charge in [0.15, 0.2) is 0 Å². The molecule has 1 aliphatic rings. The van der Waals surface area contributed by atoms with Crippen LogP contribution in [0.25, 0.3) is 0 Å². The average molecular weight is 339 g/mol. The summed E-state index contributed by atoms with van der Waals surface area (Å²) in [5.74, 6) is 1.05. The molecule has 0 spiro atoms. The highest BCUT2D eigenvalue weighted by atomic mass is 16.1. The zero-order valence-electron chi connectivity index (χ0n) is 15.1. The Hall–Kier alpha value is -2.63. The van der Waals surface area contributed by atoms with Gasteiger partial charge >= 0.3 is 0 Å². The summed E-state index contributed by atoms with van der Waals surface area (Å²) in [6.07, 6.45) is 4.03. The molecular formula is C19H25N5O. The maximum atomic E-state index is 12.5. The minimum atomic E-state index is -0.216. The van der Waals surface area contributed by atoms with Crippen LogP contribution >= 0.6 is 0 Å². The number of hydrogen-bond donors (Lipinski definition) is 1. The SMILES string of the molecule is CC1CCCN(c2nccc(C(=O)Nc3ccc(N(C)C)cc3)n2)C1. The van der Waals surface area contributed by atoms with Crippen molar-refractivity contribution in [3.05, 3.63) is 42.2 Å². The molecule has 1 aromatic heterocycles. The molecule has 1 aromatic carbocycles. The molecule has 1 saturated heterocycles. The molecule has 2 aromatic rings. The van der Waals surface area contributed by atoms with Gasteiger partial charge in [0, 0.05) is 44.8 Å². The summed E-state index contributed by atoms with van der Waals surface area (Å²) in [4.78, 5) is 25.5. The van der Waals surface area contributed by atoms with Gasteiger partial charge in [-0.2, -0.15) is 0 Å². The van der Waals surface area contributed by atoms with Crippen LogP contribution in [0.2, 0.25) is 0 Å². The normalized spacial score (nSPS) is 17.2. The highest BCUT2D eigenvalue weighted by molar-refractivity contribution is 6.03. The van der Waals surface area contributed by atoms with Gasteiger partial charge in [-0.1, -0.05) is 6.92 Å². The molecule has 132 valence electrons. The van der Waals surface area contributed by atoms with Gasteiger partial charge in [-0.05, 0) is 49.1 Å². The summed E-state index contributed by atoms with van der Waals surface area (Å²) in [5, 5.41) is 2.90. The number of benzene rings is 1. The van der Waals surface area contributed by atoms with Crippen LogP contribution in [-0.4, -0.2) is 43.1 Å². The molecular weight excluding hydrogens is 314 g/mol. The number of amides is 1. The van der Waals surface area contributed by atoms with Crippen molar-refractivity contribution in [2.24, 2.45) is 5.92 Å². The van der Waals surface area contributed by atoms with Crippen LogP contribution in [0, 0.1) is 5.92 Å². The van der Waals surface area contributed by atoms with Gasteiger partial charge in [-0.3, -0.25) is 4.79 Å². The predicted octanol–water partition coefficient (Wildman–Crippen LogP) is 3.03. The van der Waals surface area contributed by atoms with E-state index in [-0.39, 0.29) is 5.91 Å². The Morgan fingerprint density at radius 3 is 2.68 bits per heavy atom. The number of carbonyl (C=O) groups excluding carboxylic acids is 1. The largest absolute Gasteiger partial charge is 0.378 e. The zero-order valence-corrected chi connectivity index (χ0v) is 15.1. The molecule has 0 radical (unpaired) electrons. The summed E-state index contributed by atoms with van der Waals surface area (Å²) < 4.78 is 0. The third-order valence-corrected chi connectivity index (χ3v) is 4.46. The van der Waals surface area contributed by atoms with Gasteiger partial charge < -0.3 is 15.1 Å². The lowest BCUT2D eigenvalue weighted by Gasteiger charge is -2.30. The second-order valence-corrected chi connectivity index (χ2v) is 6.83. The van der Waals surface area contributed by atoms with Crippen molar-refractivity contribution in [1.29, 1.82) is 0 Å². The molecule has 1 atom stereocenters. The Morgan fingerprint density at radius 2 is 2.00 bits per heavy atom. The van der Waals surface area contributed by atoms with Crippen molar-refractivity contribution in [2.45, 2.75) is 19.8 Å². The number of rotatable bonds is 4. The van der Waals surface area contributed by atoms with Crippen molar-refractivity contribution in [1.82, 2.24) is 9.97 Å². The fraction of sp³-hybridized carbons (Fsp3) is 0.421. The molecule has 1 amide bonds. The lowest BCUT2D eigenvalue weighted by Crippen LogP contribution is -2.35. The lowest BCUT2D eigenvalue weighted by atomic mass is 10.0. The molecule has 1 N–H and O–H groups in total. The fourth-order valence-corrected chi connectivity index (χ4v) is 3.04. The standard InChI is InChI=1S/C19H25N5O/c1-14-5-4-12-24(13-14)19-20-11-10-17(22-19)18(25)21-15-6-8-16(9-7-15)23(2)3/h6-11,14H,4-5,12-13H2,1-3H3,(H,21,25). The Kier molecular flexibility index (Phi) is 5.16. The zero-order chi connectivity index (χ0) is 17.8. The van der Waals surface area contributed by atoms with E-state index < -0.39 is 0 Å². The minimum Gasteiger partial charge on any atom is -0.378 e. The molecule has 1 aliphatic heterocycles. The van der Waals surface area contributed by atoms with Gasteiger partial charge in [-0.25, -0.2) is 9.97 Å². The van der Waals surface area contributed by atoms with E-state index in [0.29, 0.717) is 17.6 Å². The number of piperidine rings is 1. The third kappa shape index (κ3) is 4.26. The average Bonchev–Trinajstić information content (AvgIpc) is 2.62. The van der Waals surface area contributed by atoms with Crippen LogP contribution < -0.4 is 15.1 Å². The Bertz CT molecular complexity index is 729. The molecule has 6 nitrogen and oxygen atoms in total. The monoisotopic (exact) mass is 339 g/mol. The third-order valence-electron chi connectivity index (χ3n) is 4.46. The maximum Gasteiger partial charge on any atom is 0.274 e. The van der Waals surface area contributed by atoms with Gasteiger partial charge in [0.1, 0.15) is 5.69 Å². The second-order valence-electron chi connectivity index (χ2n) is 6.83. The second kappa shape index (κ2) is 7.51. The van der Waals surface area contributed by atoms with Crippen molar-refractivity contribution < 1.29 is 4.79 Å². The topological polar surface area (TPSA) is 61.4 Å². The van der Waals surface area contributed by atoms with Gasteiger partial charge in [0.05, 0.1) is 0 Å². The summed E-state index contributed by atoms with van der Waals surface area (Å²) >= 11 is 0. The van der Waals surface area contributed by atoms with Crippen LogP contribution in [-0.2, 0) is 0 Å². The Labute approximate surface area is 148 Å². The first kappa shape index (κ1) is 17.2. The fourth-order valence-electron chi connectivity index (χ4n) is 3.04. The van der Waals surface area contributed by atoms with E-state index >= 15 is 0 Å². The van der Waals surface area contributed by atoms with E-state index in [4.69, 9.17) is 0 Å². The Balaban J connectivity index is 1.70. The van der Waals surface area contributed by atoms with Crippen molar-refractivity contribution in [3.8, 4) is 0 Å². The van der Waals surface area contributed by atoms with E-state index in [1.165, 1.54) is 6.42 Å². The van der Waals surface area contributed by atoms with Crippen molar-refractivity contribution in [3.63, 3.8) is 0 Å². The van der Waals surface area contributed by atoms with Gasteiger partial charge in [0.25, 0.3) is 5.91 Å². The van der Waals surface area contributed by atoms with Crippen LogP contribution in [0.1, 0.15) is 30.3 Å². The number of hydrogen-bond acceptors (Lipinski definition) is 5. The molecule has 1 fully saturated rings. The van der Waals surface area contributed by atoms with Crippen molar-refractivity contribution >= 4 is 23.2 Å². The number of anilines is 3. The van der Waals surface area contributed by atoms with Crippen LogP contribution in [0.5, 0.6) is 0 Å². The van der Waals surface area contributed by atoms with E-state index in [0.717, 1.165) is 30.9 Å². The molecule has 3 rings (SSSR count). The molecule has 2 heterocycles. The maximum absolute atomic E-state index is 12.5. The Morgan fingerprint density at radius 1 is 1.24 bits per heavy atom. The lowest BCUT2D eigenvalue weighted by molar-refractivity contribution is 0.102. The van der Waals surface area contributed by atoms with Crippen molar-refractivity contribution in [2.75, 3.05) is 42.3 Å². The summed E-state index contributed by atoms with van der Waals surface area (Å²) in [5.41, 5.74) is 2.23. The van der Waals surface area contributed by atoms with E-state index in [9.17, 15) is 4.79 Å². The van der Waals surface area contributed by atoms with E-state index in [2.05, 4.69) is 27.1 Å². The summed E-state index contributed by atoms with van der Waals surface area (Å²) in [7, 11) is 3.97. The van der Waals surface area contributed by atoms with E-state index in [1.54, 1.807) is 12.3 Å². The number of carbonyl (C=O) groups is 1. The van der Waals surface area contributed by atoms with Gasteiger partial charge in [-0.15, -0.1) is 0 Å².